The lowest BCUT2D eigenvalue weighted by molar-refractivity contribution is 0.141. The van der Waals surface area contributed by atoms with Crippen molar-refractivity contribution in [2.24, 2.45) is 5.90 Å². The molecule has 0 unspecified atom stereocenters. The van der Waals surface area contributed by atoms with Crippen molar-refractivity contribution >= 4 is 17.3 Å². The minimum atomic E-state index is 0.527. The van der Waals surface area contributed by atoms with Gasteiger partial charge in [0, 0.05) is 13.1 Å². The predicted molar refractivity (Wildman–Crippen MR) is 66.7 cm³/mol. The van der Waals surface area contributed by atoms with Crippen LogP contribution in [0, 0.1) is 0 Å². The van der Waals surface area contributed by atoms with Gasteiger partial charge in [-0.3, -0.25) is 0 Å². The van der Waals surface area contributed by atoms with Crippen LogP contribution in [0.25, 0.3) is 0 Å². The summed E-state index contributed by atoms with van der Waals surface area (Å²) in [4.78, 5) is 6.90. The third-order valence-corrected chi connectivity index (χ3v) is 3.27. The van der Waals surface area contributed by atoms with Crippen LogP contribution >= 0.6 is 11.6 Å². The van der Waals surface area contributed by atoms with Gasteiger partial charge in [0.05, 0.1) is 17.3 Å². The molecule has 0 spiro atoms. The van der Waals surface area contributed by atoms with Gasteiger partial charge in [0.1, 0.15) is 0 Å². The van der Waals surface area contributed by atoms with Gasteiger partial charge < -0.3 is 9.74 Å². The maximum absolute atomic E-state index is 6.27. The lowest BCUT2D eigenvalue weighted by Crippen LogP contribution is -2.18. The highest BCUT2D eigenvalue weighted by molar-refractivity contribution is 6.33. The Hall–Kier alpha value is -0.770. The fourth-order valence-electron chi connectivity index (χ4n) is 2.10. The molecule has 4 heteroatoms. The molecule has 1 aromatic rings. The van der Waals surface area contributed by atoms with Crippen molar-refractivity contribution in [2.45, 2.75) is 19.3 Å². The number of halogens is 1. The first kappa shape index (κ1) is 11.7. The average Bonchev–Trinajstić information content (AvgIpc) is 2.80. The van der Waals surface area contributed by atoms with E-state index in [1.165, 1.54) is 18.4 Å². The van der Waals surface area contributed by atoms with Gasteiger partial charge in [-0.25, -0.2) is 5.90 Å². The van der Waals surface area contributed by atoms with Crippen molar-refractivity contribution in [2.75, 3.05) is 24.6 Å². The van der Waals surface area contributed by atoms with E-state index in [0.29, 0.717) is 6.61 Å². The van der Waals surface area contributed by atoms with Crippen LogP contribution in [-0.4, -0.2) is 19.7 Å². The molecule has 0 atom stereocenters. The summed E-state index contributed by atoms with van der Waals surface area (Å²) in [6.07, 6.45) is 3.33. The van der Waals surface area contributed by atoms with Crippen LogP contribution in [0.5, 0.6) is 0 Å². The summed E-state index contributed by atoms with van der Waals surface area (Å²) >= 11 is 6.27. The van der Waals surface area contributed by atoms with Crippen molar-refractivity contribution in [3.05, 3.63) is 28.8 Å². The minimum absolute atomic E-state index is 0.527. The number of nitrogens with zero attached hydrogens (tertiary/aromatic N) is 1. The van der Waals surface area contributed by atoms with Crippen molar-refractivity contribution < 1.29 is 4.84 Å². The molecule has 1 aliphatic heterocycles. The Bertz CT molecular complexity index is 351. The van der Waals surface area contributed by atoms with E-state index >= 15 is 0 Å². The maximum atomic E-state index is 6.27. The van der Waals surface area contributed by atoms with E-state index in [9.17, 15) is 0 Å². The number of anilines is 1. The smallest absolute Gasteiger partial charge is 0.0719 e. The SMILES string of the molecule is NOCCc1ccc(N2CCCC2)c(Cl)c1. The molecule has 1 fully saturated rings. The first-order valence-electron chi connectivity index (χ1n) is 5.66. The Morgan fingerprint density at radius 2 is 2.06 bits per heavy atom. The summed E-state index contributed by atoms with van der Waals surface area (Å²) in [6.45, 7) is 2.76. The highest BCUT2D eigenvalue weighted by Gasteiger charge is 2.14. The van der Waals surface area contributed by atoms with Crippen molar-refractivity contribution in [1.29, 1.82) is 0 Å². The summed E-state index contributed by atoms with van der Waals surface area (Å²) in [7, 11) is 0. The van der Waals surface area contributed by atoms with Gasteiger partial charge >= 0.3 is 0 Å². The largest absolute Gasteiger partial charge is 0.370 e. The first-order valence-corrected chi connectivity index (χ1v) is 6.04. The predicted octanol–water partition coefficient (Wildman–Crippen LogP) is 2.37. The molecule has 0 aromatic heterocycles. The maximum Gasteiger partial charge on any atom is 0.0719 e. The van der Waals surface area contributed by atoms with Crippen molar-refractivity contribution in [3.8, 4) is 0 Å². The Morgan fingerprint density at radius 3 is 2.69 bits per heavy atom. The van der Waals surface area contributed by atoms with E-state index in [2.05, 4.69) is 21.9 Å². The highest BCUT2D eigenvalue weighted by Crippen LogP contribution is 2.29. The van der Waals surface area contributed by atoms with E-state index in [-0.39, 0.29) is 0 Å². The van der Waals surface area contributed by atoms with E-state index in [0.717, 1.165) is 30.2 Å². The molecule has 1 aromatic carbocycles. The molecule has 3 nitrogen and oxygen atoms in total. The van der Waals surface area contributed by atoms with Crippen LogP contribution in [0.4, 0.5) is 5.69 Å². The average molecular weight is 241 g/mol. The Balaban J connectivity index is 2.09. The van der Waals surface area contributed by atoms with E-state index in [1.807, 2.05) is 6.07 Å². The highest BCUT2D eigenvalue weighted by atomic mass is 35.5. The fraction of sp³-hybridized carbons (Fsp3) is 0.500. The molecule has 0 aliphatic carbocycles. The number of benzene rings is 1. The zero-order valence-corrected chi connectivity index (χ0v) is 10.0. The van der Waals surface area contributed by atoms with Crippen LogP contribution in [0.1, 0.15) is 18.4 Å². The van der Waals surface area contributed by atoms with Crippen molar-refractivity contribution in [1.82, 2.24) is 0 Å². The third-order valence-electron chi connectivity index (χ3n) is 2.97. The minimum Gasteiger partial charge on any atom is -0.370 e. The van der Waals surface area contributed by atoms with Crippen LogP contribution in [0.15, 0.2) is 18.2 Å². The van der Waals surface area contributed by atoms with E-state index in [1.54, 1.807) is 0 Å². The van der Waals surface area contributed by atoms with Crippen LogP contribution in [0.3, 0.4) is 0 Å². The van der Waals surface area contributed by atoms with Gasteiger partial charge in [0.25, 0.3) is 0 Å². The van der Waals surface area contributed by atoms with Crippen LogP contribution in [-0.2, 0) is 11.3 Å². The molecule has 88 valence electrons. The molecule has 1 heterocycles. The molecular formula is C12H17ClN2O. The van der Waals surface area contributed by atoms with Gasteiger partial charge in [0.2, 0.25) is 0 Å². The van der Waals surface area contributed by atoms with E-state index in [4.69, 9.17) is 17.5 Å². The third kappa shape index (κ3) is 2.67. The molecule has 16 heavy (non-hydrogen) atoms. The molecule has 0 amide bonds. The lowest BCUT2D eigenvalue weighted by atomic mass is 10.1. The summed E-state index contributed by atoms with van der Waals surface area (Å²) in [6, 6.07) is 6.20. The van der Waals surface area contributed by atoms with Gasteiger partial charge in [0.15, 0.2) is 0 Å². The molecule has 1 saturated heterocycles. The number of hydrogen-bond donors (Lipinski definition) is 1. The monoisotopic (exact) mass is 240 g/mol. The molecule has 2 N–H and O–H groups in total. The molecule has 2 rings (SSSR count). The standard InChI is InChI=1S/C12H17ClN2O/c13-11-9-10(5-8-16-14)3-4-12(11)15-6-1-2-7-15/h3-4,9H,1-2,5-8,14H2. The zero-order valence-electron chi connectivity index (χ0n) is 9.29. The molecule has 0 saturated carbocycles. The number of rotatable bonds is 4. The first-order chi connectivity index (χ1) is 7.81. The normalized spacial score (nSPS) is 15.8. The fourth-order valence-corrected chi connectivity index (χ4v) is 2.42. The Morgan fingerprint density at radius 1 is 1.31 bits per heavy atom. The second-order valence-electron chi connectivity index (χ2n) is 4.10. The second-order valence-corrected chi connectivity index (χ2v) is 4.51. The number of hydrogen-bond acceptors (Lipinski definition) is 3. The van der Waals surface area contributed by atoms with E-state index < -0.39 is 0 Å². The summed E-state index contributed by atoms with van der Waals surface area (Å²) < 4.78 is 0. The summed E-state index contributed by atoms with van der Waals surface area (Å²) in [5, 5.41) is 0.830. The van der Waals surface area contributed by atoms with Crippen LogP contribution < -0.4 is 10.8 Å². The number of nitrogens with two attached hydrogens (primary N) is 1. The van der Waals surface area contributed by atoms with Gasteiger partial charge in [-0.2, -0.15) is 0 Å². The van der Waals surface area contributed by atoms with Crippen LogP contribution in [0.2, 0.25) is 5.02 Å². The van der Waals surface area contributed by atoms with Gasteiger partial charge in [-0.05, 0) is 37.0 Å². The molecule has 1 aliphatic rings. The molecular weight excluding hydrogens is 224 g/mol. The lowest BCUT2D eigenvalue weighted by Gasteiger charge is -2.19. The zero-order chi connectivity index (χ0) is 11.4. The van der Waals surface area contributed by atoms with Crippen molar-refractivity contribution in [3.63, 3.8) is 0 Å². The molecule has 0 radical (unpaired) electrons. The molecule has 0 bridgehead atoms. The Labute approximate surface area is 101 Å². The Kier molecular flexibility index (Phi) is 4.04. The quantitative estimate of drug-likeness (QED) is 0.822. The summed E-state index contributed by atoms with van der Waals surface area (Å²) in [5.74, 6) is 5.00. The topological polar surface area (TPSA) is 38.5 Å². The second kappa shape index (κ2) is 5.53. The van der Waals surface area contributed by atoms with Gasteiger partial charge in [-0.15, -0.1) is 0 Å². The van der Waals surface area contributed by atoms with Gasteiger partial charge in [-0.1, -0.05) is 17.7 Å². The summed E-state index contributed by atoms with van der Waals surface area (Å²) in [5.41, 5.74) is 2.31.